The van der Waals surface area contributed by atoms with Gasteiger partial charge >= 0.3 is 0 Å². The van der Waals surface area contributed by atoms with Gasteiger partial charge in [0.15, 0.2) is 6.61 Å². The third kappa shape index (κ3) is 6.72. The van der Waals surface area contributed by atoms with Gasteiger partial charge in [-0.3, -0.25) is 9.59 Å². The molecule has 0 aromatic heterocycles. The lowest BCUT2D eigenvalue weighted by Crippen LogP contribution is -2.38. The van der Waals surface area contributed by atoms with Gasteiger partial charge < -0.3 is 15.4 Å². The van der Waals surface area contributed by atoms with Crippen LogP contribution in [0.3, 0.4) is 0 Å². The number of amides is 2. The van der Waals surface area contributed by atoms with Crippen LogP contribution in [0, 0.1) is 19.8 Å². The van der Waals surface area contributed by atoms with Crippen LogP contribution in [0.2, 0.25) is 0 Å². The number of nitrogens with one attached hydrogen (secondary N) is 2. The molecule has 1 aromatic rings. The minimum Gasteiger partial charge on any atom is -0.484 e. The molecule has 1 aromatic carbocycles. The maximum absolute atomic E-state index is 11.8. The van der Waals surface area contributed by atoms with Crippen LogP contribution in [0.15, 0.2) is 18.2 Å². The lowest BCUT2D eigenvalue weighted by Gasteiger charge is -2.13. The summed E-state index contributed by atoms with van der Waals surface area (Å²) in [4.78, 5) is 23.5. The Morgan fingerprint density at radius 1 is 1.09 bits per heavy atom. The second kappa shape index (κ2) is 9.87. The largest absolute Gasteiger partial charge is 0.484 e. The summed E-state index contributed by atoms with van der Waals surface area (Å²) in [6, 6.07) is 5.84. The minimum atomic E-state index is -0.193. The molecular weight excluding hydrogens is 292 g/mol. The van der Waals surface area contributed by atoms with Crippen molar-refractivity contribution in [2.75, 3.05) is 19.7 Å². The van der Waals surface area contributed by atoms with Crippen LogP contribution in [0.4, 0.5) is 0 Å². The van der Waals surface area contributed by atoms with E-state index in [1.54, 1.807) is 0 Å². The average Bonchev–Trinajstić information content (AvgIpc) is 2.52. The lowest BCUT2D eigenvalue weighted by molar-refractivity contribution is -0.126. The summed E-state index contributed by atoms with van der Waals surface area (Å²) in [6.07, 6.45) is 1.66. The third-order valence-electron chi connectivity index (χ3n) is 3.79. The van der Waals surface area contributed by atoms with Gasteiger partial charge in [0.2, 0.25) is 5.91 Å². The number of aryl methyl sites for hydroxylation is 2. The van der Waals surface area contributed by atoms with Crippen molar-refractivity contribution in [3.8, 4) is 5.75 Å². The molecule has 0 aliphatic heterocycles. The van der Waals surface area contributed by atoms with E-state index in [4.69, 9.17) is 4.74 Å². The van der Waals surface area contributed by atoms with Crippen molar-refractivity contribution in [2.45, 2.75) is 40.5 Å². The van der Waals surface area contributed by atoms with Gasteiger partial charge in [0, 0.05) is 19.0 Å². The summed E-state index contributed by atoms with van der Waals surface area (Å²) in [7, 11) is 0. The first-order chi connectivity index (χ1) is 11.0. The molecule has 0 unspecified atom stereocenters. The quantitative estimate of drug-likeness (QED) is 0.686. The number of hydrogen-bond acceptors (Lipinski definition) is 3. The fourth-order valence-corrected chi connectivity index (χ4v) is 2.35. The van der Waals surface area contributed by atoms with Crippen molar-refractivity contribution >= 4 is 11.8 Å². The van der Waals surface area contributed by atoms with E-state index in [0.717, 1.165) is 24.0 Å². The van der Waals surface area contributed by atoms with Gasteiger partial charge in [0.05, 0.1) is 0 Å². The number of carbonyl (C=O) groups excluding carboxylic acids is 2. The Bertz CT molecular complexity index is 525. The number of ether oxygens (including phenoxy) is 1. The zero-order valence-electron chi connectivity index (χ0n) is 14.6. The average molecular weight is 320 g/mol. The Morgan fingerprint density at radius 2 is 1.74 bits per heavy atom. The Balaban J connectivity index is 2.23. The molecule has 0 fully saturated rings. The molecule has 0 spiro atoms. The fourth-order valence-electron chi connectivity index (χ4n) is 2.35. The Labute approximate surface area is 138 Å². The molecule has 0 aliphatic carbocycles. The number of rotatable bonds is 9. The van der Waals surface area contributed by atoms with E-state index in [-0.39, 0.29) is 24.3 Å². The summed E-state index contributed by atoms with van der Waals surface area (Å²) in [5.74, 6) is 0.629. The van der Waals surface area contributed by atoms with E-state index in [1.807, 2.05) is 45.9 Å². The van der Waals surface area contributed by atoms with E-state index in [9.17, 15) is 9.59 Å². The Morgan fingerprint density at radius 3 is 2.35 bits per heavy atom. The highest BCUT2D eigenvalue weighted by Gasteiger charge is 2.13. The topological polar surface area (TPSA) is 67.4 Å². The van der Waals surface area contributed by atoms with Crippen LogP contribution >= 0.6 is 0 Å². The summed E-state index contributed by atoms with van der Waals surface area (Å²) in [5.41, 5.74) is 2.17. The molecule has 0 aliphatic rings. The van der Waals surface area contributed by atoms with Gasteiger partial charge in [-0.1, -0.05) is 31.5 Å². The van der Waals surface area contributed by atoms with Gasteiger partial charge in [-0.25, -0.2) is 0 Å². The van der Waals surface area contributed by atoms with Crippen LogP contribution in [0.1, 0.15) is 37.8 Å². The smallest absolute Gasteiger partial charge is 0.258 e. The molecule has 0 bridgehead atoms. The van der Waals surface area contributed by atoms with Crippen molar-refractivity contribution in [1.82, 2.24) is 10.6 Å². The Hall–Kier alpha value is -2.04. The molecule has 0 radical (unpaired) electrons. The second-order valence-electron chi connectivity index (χ2n) is 5.71. The maximum Gasteiger partial charge on any atom is 0.258 e. The van der Waals surface area contributed by atoms with Crippen LogP contribution in [-0.2, 0) is 9.59 Å². The SMILES string of the molecule is CCC(CC)C(=O)NCCNC(=O)COc1ccc(C)cc1C. The molecule has 5 nitrogen and oxygen atoms in total. The van der Waals surface area contributed by atoms with Gasteiger partial charge in [0.25, 0.3) is 5.91 Å². The van der Waals surface area contributed by atoms with Crippen LogP contribution in [0.5, 0.6) is 5.75 Å². The zero-order valence-corrected chi connectivity index (χ0v) is 14.6. The predicted molar refractivity (Wildman–Crippen MR) is 91.5 cm³/mol. The van der Waals surface area contributed by atoms with Gasteiger partial charge in [-0.15, -0.1) is 0 Å². The van der Waals surface area contributed by atoms with E-state index in [0.29, 0.717) is 18.8 Å². The van der Waals surface area contributed by atoms with E-state index < -0.39 is 0 Å². The van der Waals surface area contributed by atoms with Crippen molar-refractivity contribution in [1.29, 1.82) is 0 Å². The van der Waals surface area contributed by atoms with Gasteiger partial charge in [-0.05, 0) is 38.3 Å². The molecule has 0 atom stereocenters. The maximum atomic E-state index is 11.8. The summed E-state index contributed by atoms with van der Waals surface area (Å²) >= 11 is 0. The molecule has 2 N–H and O–H groups in total. The summed E-state index contributed by atoms with van der Waals surface area (Å²) in [5, 5.41) is 5.57. The predicted octanol–water partition coefficient (Wildman–Crippen LogP) is 2.35. The molecule has 128 valence electrons. The first-order valence-electron chi connectivity index (χ1n) is 8.22. The monoisotopic (exact) mass is 320 g/mol. The first-order valence-corrected chi connectivity index (χ1v) is 8.22. The number of benzene rings is 1. The van der Waals surface area contributed by atoms with E-state index in [2.05, 4.69) is 10.6 Å². The van der Waals surface area contributed by atoms with E-state index in [1.165, 1.54) is 0 Å². The summed E-state index contributed by atoms with van der Waals surface area (Å²) in [6.45, 7) is 8.78. The molecule has 23 heavy (non-hydrogen) atoms. The highest BCUT2D eigenvalue weighted by atomic mass is 16.5. The van der Waals surface area contributed by atoms with E-state index >= 15 is 0 Å². The highest BCUT2D eigenvalue weighted by Crippen LogP contribution is 2.18. The molecular formula is C18H28N2O3. The third-order valence-corrected chi connectivity index (χ3v) is 3.79. The Kier molecular flexibility index (Phi) is 8.16. The van der Waals surface area contributed by atoms with Crippen molar-refractivity contribution in [3.05, 3.63) is 29.3 Å². The van der Waals surface area contributed by atoms with Crippen LogP contribution < -0.4 is 15.4 Å². The fraction of sp³-hybridized carbons (Fsp3) is 0.556. The van der Waals surface area contributed by atoms with Crippen molar-refractivity contribution in [3.63, 3.8) is 0 Å². The standard InChI is InChI=1S/C18H28N2O3/c1-5-15(6-2)18(22)20-10-9-19-17(21)12-23-16-8-7-13(3)11-14(16)4/h7-8,11,15H,5-6,9-10,12H2,1-4H3,(H,19,21)(H,20,22). The van der Waals surface area contributed by atoms with Gasteiger partial charge in [-0.2, -0.15) is 0 Å². The van der Waals surface area contributed by atoms with Crippen LogP contribution in [-0.4, -0.2) is 31.5 Å². The molecule has 5 heteroatoms. The lowest BCUT2D eigenvalue weighted by atomic mass is 10.0. The molecule has 0 saturated carbocycles. The minimum absolute atomic E-state index is 0.0234. The molecule has 1 rings (SSSR count). The molecule has 0 saturated heterocycles. The van der Waals surface area contributed by atoms with Crippen LogP contribution in [0.25, 0.3) is 0 Å². The van der Waals surface area contributed by atoms with Gasteiger partial charge in [0.1, 0.15) is 5.75 Å². The number of hydrogen-bond donors (Lipinski definition) is 2. The summed E-state index contributed by atoms with van der Waals surface area (Å²) < 4.78 is 5.51. The number of carbonyl (C=O) groups is 2. The second-order valence-corrected chi connectivity index (χ2v) is 5.71. The van der Waals surface area contributed by atoms with Crippen molar-refractivity contribution < 1.29 is 14.3 Å². The zero-order chi connectivity index (χ0) is 17.2. The highest BCUT2D eigenvalue weighted by molar-refractivity contribution is 5.79. The normalized spacial score (nSPS) is 10.5. The van der Waals surface area contributed by atoms with Crippen molar-refractivity contribution in [2.24, 2.45) is 5.92 Å². The first kappa shape index (κ1) is 19.0. The molecule has 2 amide bonds. The molecule has 0 heterocycles.